The number of carbonyl (C=O) groups is 1. The molecule has 0 atom stereocenters. The summed E-state index contributed by atoms with van der Waals surface area (Å²) in [7, 11) is 3.41. The van der Waals surface area contributed by atoms with Gasteiger partial charge in [-0.15, -0.1) is 11.3 Å². The van der Waals surface area contributed by atoms with E-state index in [9.17, 15) is 9.59 Å². The van der Waals surface area contributed by atoms with Crippen molar-refractivity contribution in [3.05, 3.63) is 87.0 Å². The number of hydrogen-bond donors (Lipinski definition) is 1. The summed E-state index contributed by atoms with van der Waals surface area (Å²) in [5.74, 6) is 0.336. The molecule has 0 aliphatic heterocycles. The summed E-state index contributed by atoms with van der Waals surface area (Å²) < 4.78 is 8.32. The third kappa shape index (κ3) is 3.25. The van der Waals surface area contributed by atoms with Crippen molar-refractivity contribution in [1.29, 1.82) is 0 Å². The Morgan fingerprint density at radius 3 is 2.59 bits per heavy atom. The van der Waals surface area contributed by atoms with Gasteiger partial charge in [-0.25, -0.2) is 0 Å². The molecule has 0 spiro atoms. The van der Waals surface area contributed by atoms with Gasteiger partial charge in [-0.3, -0.25) is 9.59 Å². The van der Waals surface area contributed by atoms with Gasteiger partial charge in [0.05, 0.1) is 19.3 Å². The van der Waals surface area contributed by atoms with Gasteiger partial charge in [-0.05, 0) is 41.8 Å². The standard InChI is InChI=1S/C24H20N4O3S/c1-27-19-8-4-3-7-18(19)20-21(23(29)25-14-17-6-5-13-32-17)26-28(24(30)22(20)27)15-9-11-16(31-2)12-10-15/h3-13H,14H2,1-2H3,(H,25,29). The number of amides is 1. The molecule has 160 valence electrons. The molecular formula is C24H20N4O3S. The minimum absolute atomic E-state index is 0.212. The predicted octanol–water partition coefficient (Wildman–Crippen LogP) is 3.88. The van der Waals surface area contributed by atoms with Crippen LogP contribution in [0.3, 0.4) is 0 Å². The van der Waals surface area contributed by atoms with E-state index in [0.717, 1.165) is 15.8 Å². The number of methoxy groups -OCH3 is 1. The quantitative estimate of drug-likeness (QED) is 0.446. The fraction of sp³-hybridized carbons (Fsp3) is 0.125. The van der Waals surface area contributed by atoms with E-state index in [1.165, 1.54) is 4.68 Å². The summed E-state index contributed by atoms with van der Waals surface area (Å²) in [6.45, 7) is 0.395. The zero-order valence-electron chi connectivity index (χ0n) is 17.5. The maximum Gasteiger partial charge on any atom is 0.296 e. The highest BCUT2D eigenvalue weighted by atomic mass is 32.1. The van der Waals surface area contributed by atoms with Gasteiger partial charge in [0.15, 0.2) is 5.69 Å². The minimum atomic E-state index is -0.331. The lowest BCUT2D eigenvalue weighted by Crippen LogP contribution is -2.30. The Balaban J connectivity index is 1.74. The van der Waals surface area contributed by atoms with Crippen molar-refractivity contribution in [2.45, 2.75) is 6.54 Å². The first kappa shape index (κ1) is 20.0. The molecule has 2 aromatic carbocycles. The van der Waals surface area contributed by atoms with Crippen molar-refractivity contribution in [1.82, 2.24) is 19.7 Å². The number of nitrogens with zero attached hydrogens (tertiary/aromatic N) is 3. The number of fused-ring (bicyclic) bond motifs is 3. The van der Waals surface area contributed by atoms with Gasteiger partial charge in [0.2, 0.25) is 0 Å². The third-order valence-corrected chi connectivity index (χ3v) is 6.35. The number of benzene rings is 2. The molecule has 8 heteroatoms. The number of nitrogens with one attached hydrogen (secondary N) is 1. The average Bonchev–Trinajstić information content (AvgIpc) is 3.45. The summed E-state index contributed by atoms with van der Waals surface area (Å²) in [5, 5.41) is 10.8. The first-order chi connectivity index (χ1) is 15.6. The second-order valence-corrected chi connectivity index (χ2v) is 8.36. The zero-order valence-corrected chi connectivity index (χ0v) is 18.3. The highest BCUT2D eigenvalue weighted by molar-refractivity contribution is 7.09. The molecule has 0 bridgehead atoms. The van der Waals surface area contributed by atoms with E-state index in [2.05, 4.69) is 10.4 Å². The highest BCUT2D eigenvalue weighted by Gasteiger charge is 2.23. The van der Waals surface area contributed by atoms with Crippen LogP contribution in [-0.4, -0.2) is 27.4 Å². The molecule has 0 radical (unpaired) electrons. The number of hydrogen-bond acceptors (Lipinski definition) is 5. The fourth-order valence-corrected chi connectivity index (χ4v) is 4.55. The largest absolute Gasteiger partial charge is 0.497 e. The molecule has 0 aliphatic rings. The first-order valence-electron chi connectivity index (χ1n) is 10.0. The van der Waals surface area contributed by atoms with Gasteiger partial charge in [-0.1, -0.05) is 24.3 Å². The number of carbonyl (C=O) groups excluding carboxylic acids is 1. The second-order valence-electron chi connectivity index (χ2n) is 7.33. The van der Waals surface area contributed by atoms with Crippen molar-refractivity contribution in [2.24, 2.45) is 7.05 Å². The van der Waals surface area contributed by atoms with Crippen LogP contribution in [0.1, 0.15) is 15.4 Å². The van der Waals surface area contributed by atoms with Crippen LogP contribution >= 0.6 is 11.3 Å². The number of ether oxygens (including phenoxy) is 1. The smallest absolute Gasteiger partial charge is 0.296 e. The predicted molar refractivity (Wildman–Crippen MR) is 126 cm³/mol. The second kappa shape index (κ2) is 7.97. The van der Waals surface area contributed by atoms with Gasteiger partial charge in [0.25, 0.3) is 11.5 Å². The maximum absolute atomic E-state index is 13.5. The molecule has 32 heavy (non-hydrogen) atoms. The molecule has 7 nitrogen and oxygen atoms in total. The Morgan fingerprint density at radius 1 is 1.09 bits per heavy atom. The van der Waals surface area contributed by atoms with E-state index in [0.29, 0.717) is 28.9 Å². The van der Waals surface area contributed by atoms with Crippen LogP contribution in [0.25, 0.3) is 27.5 Å². The molecule has 1 N–H and O–H groups in total. The number of para-hydroxylation sites is 1. The molecule has 1 amide bonds. The van der Waals surface area contributed by atoms with Crippen LogP contribution in [0.4, 0.5) is 0 Å². The lowest BCUT2D eigenvalue weighted by molar-refractivity contribution is 0.0946. The normalized spacial score (nSPS) is 11.2. The number of aromatic nitrogens is 3. The van der Waals surface area contributed by atoms with Crippen LogP contribution in [0.5, 0.6) is 5.75 Å². The molecule has 0 saturated heterocycles. The van der Waals surface area contributed by atoms with E-state index in [1.54, 1.807) is 42.7 Å². The van der Waals surface area contributed by atoms with E-state index in [-0.39, 0.29) is 17.2 Å². The van der Waals surface area contributed by atoms with E-state index in [4.69, 9.17) is 4.74 Å². The maximum atomic E-state index is 13.5. The van der Waals surface area contributed by atoms with Crippen LogP contribution in [0.15, 0.2) is 70.8 Å². The summed E-state index contributed by atoms with van der Waals surface area (Å²) in [6.07, 6.45) is 0. The van der Waals surface area contributed by atoms with Crippen molar-refractivity contribution < 1.29 is 9.53 Å². The Bertz CT molecular complexity index is 1500. The molecule has 3 aromatic heterocycles. The van der Waals surface area contributed by atoms with Gasteiger partial charge < -0.3 is 14.6 Å². The molecule has 3 heterocycles. The average molecular weight is 445 g/mol. The molecule has 0 saturated carbocycles. The topological polar surface area (TPSA) is 78.2 Å². The van der Waals surface area contributed by atoms with Gasteiger partial charge in [0.1, 0.15) is 11.3 Å². The SMILES string of the molecule is COc1ccc(-n2nc(C(=O)NCc3cccs3)c3c4ccccc4n(C)c3c2=O)cc1. The van der Waals surface area contributed by atoms with E-state index >= 15 is 0 Å². The summed E-state index contributed by atoms with van der Waals surface area (Å²) >= 11 is 1.57. The molecule has 0 unspecified atom stereocenters. The van der Waals surface area contributed by atoms with Gasteiger partial charge in [-0.2, -0.15) is 9.78 Å². The third-order valence-electron chi connectivity index (χ3n) is 5.47. The Hall–Kier alpha value is -3.91. The Labute approximate surface area is 187 Å². The van der Waals surface area contributed by atoms with Crippen molar-refractivity contribution >= 4 is 39.0 Å². The molecule has 0 aliphatic carbocycles. The number of thiophene rings is 1. The molecular weight excluding hydrogens is 424 g/mol. The van der Waals surface area contributed by atoms with E-state index < -0.39 is 0 Å². The van der Waals surface area contributed by atoms with Crippen LogP contribution < -0.4 is 15.6 Å². The Morgan fingerprint density at radius 2 is 1.88 bits per heavy atom. The van der Waals surface area contributed by atoms with Crippen molar-refractivity contribution in [3.8, 4) is 11.4 Å². The monoisotopic (exact) mass is 444 g/mol. The van der Waals surface area contributed by atoms with Crippen LogP contribution in [0.2, 0.25) is 0 Å². The lowest BCUT2D eigenvalue weighted by Gasteiger charge is -2.11. The number of aryl methyl sites for hydroxylation is 1. The minimum Gasteiger partial charge on any atom is -0.497 e. The fourth-order valence-electron chi connectivity index (χ4n) is 3.90. The highest BCUT2D eigenvalue weighted by Crippen LogP contribution is 2.28. The number of rotatable bonds is 5. The first-order valence-corrected chi connectivity index (χ1v) is 10.9. The molecule has 5 rings (SSSR count). The Kier molecular flexibility index (Phi) is 4.99. The van der Waals surface area contributed by atoms with Crippen LogP contribution in [0, 0.1) is 0 Å². The zero-order chi connectivity index (χ0) is 22.2. The van der Waals surface area contributed by atoms with Gasteiger partial charge in [0, 0.05) is 28.2 Å². The summed E-state index contributed by atoms with van der Waals surface area (Å²) in [5.41, 5.74) is 1.76. The summed E-state index contributed by atoms with van der Waals surface area (Å²) in [6, 6.07) is 18.5. The lowest BCUT2D eigenvalue weighted by atomic mass is 10.1. The molecule has 0 fully saturated rings. The van der Waals surface area contributed by atoms with Crippen molar-refractivity contribution in [3.63, 3.8) is 0 Å². The van der Waals surface area contributed by atoms with Crippen LogP contribution in [-0.2, 0) is 13.6 Å². The van der Waals surface area contributed by atoms with E-state index in [1.807, 2.05) is 53.4 Å². The van der Waals surface area contributed by atoms with Crippen molar-refractivity contribution in [2.75, 3.05) is 7.11 Å². The van der Waals surface area contributed by atoms with Gasteiger partial charge >= 0.3 is 0 Å². The molecule has 5 aromatic rings. The summed E-state index contributed by atoms with van der Waals surface area (Å²) in [4.78, 5) is 27.8.